The molecule has 1 aromatic carbocycles. The largest absolute Gasteiger partial charge is 0.465 e. The van der Waals surface area contributed by atoms with Gasteiger partial charge in [-0.15, -0.1) is 0 Å². The Labute approximate surface area is 190 Å². The van der Waals surface area contributed by atoms with Crippen LogP contribution in [-0.2, 0) is 6.54 Å². The van der Waals surface area contributed by atoms with Gasteiger partial charge in [-0.1, -0.05) is 0 Å². The van der Waals surface area contributed by atoms with E-state index < -0.39 is 6.09 Å². The average molecular weight is 507 g/mol. The second-order valence-corrected chi connectivity index (χ2v) is 9.27. The topological polar surface area (TPSA) is 129 Å². The fourth-order valence-corrected chi connectivity index (χ4v) is 5.14. The van der Waals surface area contributed by atoms with E-state index in [-0.39, 0.29) is 6.79 Å². The van der Waals surface area contributed by atoms with E-state index in [1.165, 1.54) is 16.7 Å². The van der Waals surface area contributed by atoms with E-state index in [4.69, 9.17) is 20.3 Å². The lowest BCUT2D eigenvalue weighted by molar-refractivity contribution is 0.153. The molecule has 4 aliphatic rings. The molecule has 1 amide bonds. The van der Waals surface area contributed by atoms with E-state index in [1.807, 2.05) is 16.7 Å². The van der Waals surface area contributed by atoms with Gasteiger partial charge in [-0.2, -0.15) is 0 Å². The van der Waals surface area contributed by atoms with Crippen molar-refractivity contribution in [3.63, 3.8) is 0 Å². The number of ether oxygens (including phenoxy) is 2. The van der Waals surface area contributed by atoms with Crippen molar-refractivity contribution in [2.75, 3.05) is 25.6 Å². The summed E-state index contributed by atoms with van der Waals surface area (Å²) in [5.74, 6) is 2.69. The molecule has 1 saturated heterocycles. The van der Waals surface area contributed by atoms with Gasteiger partial charge in [0.05, 0.1) is 6.33 Å². The molecule has 0 aliphatic carbocycles. The third kappa shape index (κ3) is 3.97. The van der Waals surface area contributed by atoms with Gasteiger partial charge in [0.25, 0.3) is 0 Å². The molecule has 0 aromatic heterocycles. The standard InChI is InChI=1S/C19H19BrN6O4S/c20-11-5-12-13(30-9-29-12)6-14(11)31-18-23-15-16(21)22-8-26(17(15)24-18)4-2-10-1-3-25(7-10)19(27)28/h5-6,8,10H,1-4,7,9,21H2,(H,27,28)/t10-/m0/s1. The van der Waals surface area contributed by atoms with Crippen LogP contribution >= 0.6 is 27.7 Å². The Kier molecular flexibility index (Phi) is 5.26. The molecule has 0 unspecified atom stereocenters. The number of aromatic nitrogens is 4. The van der Waals surface area contributed by atoms with Crippen LogP contribution in [0.15, 0.2) is 33.0 Å². The first-order valence-electron chi connectivity index (χ1n) is 9.71. The van der Waals surface area contributed by atoms with Crippen molar-refractivity contribution in [2.45, 2.75) is 29.4 Å². The minimum atomic E-state index is -0.857. The molecule has 3 N–H and O–H groups in total. The highest BCUT2D eigenvalue weighted by molar-refractivity contribution is 9.10. The molecule has 1 aromatic rings. The maximum Gasteiger partial charge on any atom is 0.407 e. The van der Waals surface area contributed by atoms with E-state index in [0.717, 1.165) is 22.2 Å². The number of likely N-dealkylation sites (tertiary alicyclic amines) is 1. The monoisotopic (exact) mass is 506 g/mol. The lowest BCUT2D eigenvalue weighted by Crippen LogP contribution is -2.26. The van der Waals surface area contributed by atoms with Crippen LogP contribution in [-0.4, -0.2) is 55.5 Å². The number of imidazole rings is 1. The average Bonchev–Trinajstić information content (AvgIpc) is 3.47. The molecule has 0 saturated carbocycles. The third-order valence-electron chi connectivity index (χ3n) is 5.43. The molecule has 12 heteroatoms. The number of rotatable bonds is 5. The number of nitrogen functional groups attached to an aromatic ring is 1. The normalized spacial score (nSPS) is 17.6. The molecule has 162 valence electrons. The number of amides is 1. The van der Waals surface area contributed by atoms with Crippen LogP contribution in [0.25, 0.3) is 11.5 Å². The van der Waals surface area contributed by atoms with E-state index in [1.54, 1.807) is 6.33 Å². The number of aryl methyl sites for hydroxylation is 1. The summed E-state index contributed by atoms with van der Waals surface area (Å²) in [6, 6.07) is 3.76. The Morgan fingerprint density at radius 1 is 1.32 bits per heavy atom. The van der Waals surface area contributed by atoms with Crippen LogP contribution in [0, 0.1) is 5.92 Å². The number of nitrogens with zero attached hydrogens (tertiary/aromatic N) is 5. The first-order valence-corrected chi connectivity index (χ1v) is 11.3. The molecular formula is C19H19BrN6O4S. The van der Waals surface area contributed by atoms with Gasteiger partial charge in [-0.25, -0.2) is 19.7 Å². The van der Waals surface area contributed by atoms with Crippen LogP contribution in [0.1, 0.15) is 12.8 Å². The van der Waals surface area contributed by atoms with Crippen molar-refractivity contribution in [1.29, 1.82) is 0 Å². The van der Waals surface area contributed by atoms with Gasteiger partial charge in [0.2, 0.25) is 6.79 Å². The SMILES string of the molecule is Nc1ncn(CC[C@@H]2CCN(C(=O)O)C2)c2nc(Sc3cc4c(cc3Br)OCO4)nc1-2. The van der Waals surface area contributed by atoms with E-state index in [2.05, 4.69) is 30.9 Å². The maximum absolute atomic E-state index is 11.1. The Balaban J connectivity index is 1.35. The summed E-state index contributed by atoms with van der Waals surface area (Å²) >= 11 is 4.95. The summed E-state index contributed by atoms with van der Waals surface area (Å²) in [5.41, 5.74) is 6.61. The van der Waals surface area contributed by atoms with Gasteiger partial charge >= 0.3 is 6.09 Å². The second-order valence-electron chi connectivity index (χ2n) is 7.41. The zero-order valence-electron chi connectivity index (χ0n) is 16.3. The first-order chi connectivity index (χ1) is 15.0. The van der Waals surface area contributed by atoms with Crippen LogP contribution in [0.2, 0.25) is 0 Å². The number of hydrogen-bond donors (Lipinski definition) is 2. The predicted octanol–water partition coefficient (Wildman–Crippen LogP) is 3.39. The van der Waals surface area contributed by atoms with Crippen molar-refractivity contribution >= 4 is 39.6 Å². The number of anilines is 1. The quantitative estimate of drug-likeness (QED) is 0.534. The first kappa shape index (κ1) is 20.2. The van der Waals surface area contributed by atoms with Crippen molar-refractivity contribution in [2.24, 2.45) is 5.92 Å². The molecule has 1 fully saturated rings. The summed E-state index contributed by atoms with van der Waals surface area (Å²) < 4.78 is 13.6. The van der Waals surface area contributed by atoms with E-state index >= 15 is 0 Å². The Morgan fingerprint density at radius 2 is 2.13 bits per heavy atom. The number of hydrogen-bond acceptors (Lipinski definition) is 8. The van der Waals surface area contributed by atoms with E-state index in [0.29, 0.717) is 59.5 Å². The van der Waals surface area contributed by atoms with Gasteiger partial charge in [-0.3, -0.25) is 0 Å². The highest BCUT2D eigenvalue weighted by Crippen LogP contribution is 2.43. The zero-order valence-corrected chi connectivity index (χ0v) is 18.7. The fourth-order valence-electron chi connectivity index (χ4n) is 3.78. The summed E-state index contributed by atoms with van der Waals surface area (Å²) in [5, 5.41) is 9.70. The summed E-state index contributed by atoms with van der Waals surface area (Å²) in [6.45, 7) is 2.02. The fraction of sp³-hybridized carbons (Fsp3) is 0.368. The smallest absolute Gasteiger partial charge is 0.407 e. The molecule has 0 radical (unpaired) electrons. The van der Waals surface area contributed by atoms with Crippen LogP contribution in [0.5, 0.6) is 11.5 Å². The third-order valence-corrected chi connectivity index (χ3v) is 7.28. The van der Waals surface area contributed by atoms with Gasteiger partial charge < -0.3 is 29.8 Å². The molecular weight excluding hydrogens is 488 g/mol. The van der Waals surface area contributed by atoms with E-state index in [9.17, 15) is 4.79 Å². The highest BCUT2D eigenvalue weighted by atomic mass is 79.9. The number of halogens is 1. The Hall–Kier alpha value is -2.73. The van der Waals surface area contributed by atoms with Crippen LogP contribution < -0.4 is 15.2 Å². The lowest BCUT2D eigenvalue weighted by atomic mass is 10.1. The lowest BCUT2D eigenvalue weighted by Gasteiger charge is -2.15. The Morgan fingerprint density at radius 3 is 2.90 bits per heavy atom. The molecule has 1 atom stereocenters. The number of carbonyl (C=O) groups is 1. The van der Waals surface area contributed by atoms with Gasteiger partial charge in [-0.05, 0) is 58.6 Å². The maximum atomic E-state index is 11.1. The van der Waals surface area contributed by atoms with Crippen molar-refractivity contribution in [1.82, 2.24) is 24.4 Å². The predicted molar refractivity (Wildman–Crippen MR) is 116 cm³/mol. The van der Waals surface area contributed by atoms with Gasteiger partial charge in [0, 0.05) is 29.0 Å². The molecule has 0 spiro atoms. The van der Waals surface area contributed by atoms with Crippen LogP contribution in [0.4, 0.5) is 10.6 Å². The number of fused-ring (bicyclic) bond motifs is 2. The summed E-state index contributed by atoms with van der Waals surface area (Å²) in [6.07, 6.45) is 2.51. The van der Waals surface area contributed by atoms with Gasteiger partial charge in [0.15, 0.2) is 34.0 Å². The molecule has 10 nitrogen and oxygen atoms in total. The van der Waals surface area contributed by atoms with Crippen LogP contribution in [0.3, 0.4) is 0 Å². The highest BCUT2D eigenvalue weighted by Gasteiger charge is 2.27. The second kappa shape index (κ2) is 8.08. The summed E-state index contributed by atoms with van der Waals surface area (Å²) in [7, 11) is 0. The number of nitrogens with two attached hydrogens (primary N) is 1. The molecule has 4 aliphatic heterocycles. The minimum absolute atomic E-state index is 0.208. The zero-order chi connectivity index (χ0) is 21.5. The molecule has 31 heavy (non-hydrogen) atoms. The van der Waals surface area contributed by atoms with Crippen molar-refractivity contribution < 1.29 is 19.4 Å². The Bertz CT molecular complexity index is 1130. The molecule has 5 rings (SSSR count). The summed E-state index contributed by atoms with van der Waals surface area (Å²) in [4.78, 5) is 27.0. The van der Waals surface area contributed by atoms with Gasteiger partial charge in [0.1, 0.15) is 0 Å². The van der Waals surface area contributed by atoms with Crippen molar-refractivity contribution in [3.8, 4) is 23.0 Å². The van der Waals surface area contributed by atoms with Crippen molar-refractivity contribution in [3.05, 3.63) is 22.9 Å². The number of benzene rings is 1. The molecule has 0 bridgehead atoms. The number of carboxylic acid groups (broad SMARTS) is 1. The minimum Gasteiger partial charge on any atom is -0.465 e. The molecule has 4 heterocycles.